The lowest BCUT2D eigenvalue weighted by molar-refractivity contribution is 0.0827. The van der Waals surface area contributed by atoms with Gasteiger partial charge in [-0.25, -0.2) is 4.39 Å². The third-order valence-corrected chi connectivity index (χ3v) is 3.09. The Morgan fingerprint density at radius 3 is 2.52 bits per heavy atom. The predicted molar refractivity (Wildman–Crippen MR) is 80.4 cm³/mol. The van der Waals surface area contributed by atoms with Crippen molar-refractivity contribution in [2.24, 2.45) is 0 Å². The number of nitrogens with zero attached hydrogens (tertiary/aromatic N) is 1. The van der Waals surface area contributed by atoms with E-state index in [4.69, 9.17) is 22.1 Å². The van der Waals surface area contributed by atoms with Gasteiger partial charge in [-0.05, 0) is 30.3 Å². The Bertz CT molecular complexity index is 689. The monoisotopic (exact) mass is 308 g/mol. The van der Waals surface area contributed by atoms with E-state index in [0.717, 1.165) is 0 Å². The number of anilines is 1. The standard InChI is InChI=1S/C15H14ClFN2O2/c1-19(2)15(20)9-3-6-14(13(18)7-9)21-10-4-5-11(16)12(17)8-10/h3-8H,18H2,1-2H3. The van der Waals surface area contributed by atoms with E-state index in [1.54, 1.807) is 26.2 Å². The first kappa shape index (κ1) is 15.1. The van der Waals surface area contributed by atoms with Gasteiger partial charge in [0.15, 0.2) is 0 Å². The van der Waals surface area contributed by atoms with Crippen molar-refractivity contribution in [3.8, 4) is 11.5 Å². The van der Waals surface area contributed by atoms with Crippen LogP contribution in [0.4, 0.5) is 10.1 Å². The van der Waals surface area contributed by atoms with Crippen LogP contribution in [0.25, 0.3) is 0 Å². The van der Waals surface area contributed by atoms with Gasteiger partial charge in [-0.15, -0.1) is 0 Å². The number of halogens is 2. The van der Waals surface area contributed by atoms with Crippen LogP contribution in [-0.4, -0.2) is 24.9 Å². The van der Waals surface area contributed by atoms with Crippen molar-refractivity contribution in [3.63, 3.8) is 0 Å². The summed E-state index contributed by atoms with van der Waals surface area (Å²) in [5.74, 6) is -0.125. The van der Waals surface area contributed by atoms with Gasteiger partial charge in [0.2, 0.25) is 0 Å². The number of rotatable bonds is 3. The molecule has 0 aliphatic rings. The maximum absolute atomic E-state index is 13.3. The summed E-state index contributed by atoms with van der Waals surface area (Å²) in [6.07, 6.45) is 0. The second kappa shape index (κ2) is 6.01. The number of carbonyl (C=O) groups excluding carboxylic acids is 1. The van der Waals surface area contributed by atoms with E-state index in [9.17, 15) is 9.18 Å². The molecule has 0 radical (unpaired) electrons. The van der Waals surface area contributed by atoms with Crippen LogP contribution in [-0.2, 0) is 0 Å². The van der Waals surface area contributed by atoms with E-state index in [0.29, 0.717) is 11.3 Å². The molecule has 6 heteroatoms. The smallest absolute Gasteiger partial charge is 0.253 e. The average Bonchev–Trinajstić information content (AvgIpc) is 2.44. The predicted octanol–water partition coefficient (Wildman–Crippen LogP) is 3.56. The van der Waals surface area contributed by atoms with Crippen LogP contribution < -0.4 is 10.5 Å². The summed E-state index contributed by atoms with van der Waals surface area (Å²) in [5.41, 5.74) is 6.60. The van der Waals surface area contributed by atoms with E-state index in [1.165, 1.54) is 29.2 Å². The van der Waals surface area contributed by atoms with Gasteiger partial charge in [0.1, 0.15) is 17.3 Å². The first-order chi connectivity index (χ1) is 9.88. The van der Waals surface area contributed by atoms with Gasteiger partial charge in [0.05, 0.1) is 10.7 Å². The Balaban J connectivity index is 2.25. The molecule has 2 rings (SSSR count). The van der Waals surface area contributed by atoms with Crippen molar-refractivity contribution in [2.75, 3.05) is 19.8 Å². The van der Waals surface area contributed by atoms with Crippen molar-refractivity contribution in [2.45, 2.75) is 0 Å². The minimum absolute atomic E-state index is 0.0160. The topological polar surface area (TPSA) is 55.6 Å². The van der Waals surface area contributed by atoms with Gasteiger partial charge in [0.25, 0.3) is 5.91 Å². The van der Waals surface area contributed by atoms with Crippen molar-refractivity contribution in [3.05, 3.63) is 52.8 Å². The second-order valence-electron chi connectivity index (χ2n) is 4.63. The summed E-state index contributed by atoms with van der Waals surface area (Å²) < 4.78 is 18.8. The minimum atomic E-state index is -0.577. The molecule has 0 unspecified atom stereocenters. The van der Waals surface area contributed by atoms with E-state index >= 15 is 0 Å². The average molecular weight is 309 g/mol. The molecule has 21 heavy (non-hydrogen) atoms. The quantitative estimate of drug-likeness (QED) is 0.882. The van der Waals surface area contributed by atoms with Crippen LogP contribution in [0.1, 0.15) is 10.4 Å². The third kappa shape index (κ3) is 3.44. The molecule has 0 aliphatic heterocycles. The summed E-state index contributed by atoms with van der Waals surface area (Å²) in [6.45, 7) is 0. The van der Waals surface area contributed by atoms with Crippen LogP contribution in [0, 0.1) is 5.82 Å². The normalized spacial score (nSPS) is 10.3. The van der Waals surface area contributed by atoms with Gasteiger partial charge < -0.3 is 15.4 Å². The summed E-state index contributed by atoms with van der Waals surface area (Å²) in [5, 5.41) is 0.0160. The Labute approximate surface area is 126 Å². The van der Waals surface area contributed by atoms with Crippen LogP contribution in [0.3, 0.4) is 0 Å². The zero-order valence-corrected chi connectivity index (χ0v) is 12.3. The molecular weight excluding hydrogens is 295 g/mol. The molecule has 2 aromatic carbocycles. The first-order valence-electron chi connectivity index (χ1n) is 6.12. The first-order valence-corrected chi connectivity index (χ1v) is 6.50. The van der Waals surface area contributed by atoms with Crippen molar-refractivity contribution in [1.82, 2.24) is 4.90 Å². The number of amides is 1. The lowest BCUT2D eigenvalue weighted by Crippen LogP contribution is -2.21. The molecule has 4 nitrogen and oxygen atoms in total. The lowest BCUT2D eigenvalue weighted by Gasteiger charge is -2.13. The number of benzene rings is 2. The maximum Gasteiger partial charge on any atom is 0.253 e. The molecule has 0 aromatic heterocycles. The molecule has 2 aromatic rings. The van der Waals surface area contributed by atoms with Gasteiger partial charge in [-0.3, -0.25) is 4.79 Å². The SMILES string of the molecule is CN(C)C(=O)c1ccc(Oc2ccc(Cl)c(F)c2)c(N)c1. The summed E-state index contributed by atoms with van der Waals surface area (Å²) in [4.78, 5) is 13.3. The second-order valence-corrected chi connectivity index (χ2v) is 5.04. The van der Waals surface area contributed by atoms with E-state index in [2.05, 4.69) is 0 Å². The molecule has 0 saturated carbocycles. The molecule has 2 N–H and O–H groups in total. The highest BCUT2D eigenvalue weighted by Crippen LogP contribution is 2.30. The number of carbonyl (C=O) groups is 1. The molecule has 0 saturated heterocycles. The van der Waals surface area contributed by atoms with Crippen LogP contribution >= 0.6 is 11.6 Å². The number of hydrogen-bond donors (Lipinski definition) is 1. The van der Waals surface area contributed by atoms with E-state index in [-0.39, 0.29) is 22.4 Å². The summed E-state index contributed by atoms with van der Waals surface area (Å²) >= 11 is 5.60. The van der Waals surface area contributed by atoms with Crippen LogP contribution in [0.2, 0.25) is 5.02 Å². The Morgan fingerprint density at radius 2 is 1.95 bits per heavy atom. The highest BCUT2D eigenvalue weighted by atomic mass is 35.5. The molecule has 0 aliphatic carbocycles. The van der Waals surface area contributed by atoms with Gasteiger partial charge >= 0.3 is 0 Å². The van der Waals surface area contributed by atoms with Crippen molar-refractivity contribution < 1.29 is 13.9 Å². The molecule has 0 atom stereocenters. The lowest BCUT2D eigenvalue weighted by atomic mass is 10.1. The van der Waals surface area contributed by atoms with Crippen molar-refractivity contribution in [1.29, 1.82) is 0 Å². The largest absolute Gasteiger partial charge is 0.455 e. The number of nitrogen functional groups attached to an aromatic ring is 1. The van der Waals surface area contributed by atoms with Gasteiger partial charge in [0, 0.05) is 25.7 Å². The summed E-state index contributed by atoms with van der Waals surface area (Å²) in [7, 11) is 3.30. The fourth-order valence-corrected chi connectivity index (χ4v) is 1.82. The molecule has 0 heterocycles. The molecular formula is C15H14ClFN2O2. The zero-order valence-electron chi connectivity index (χ0n) is 11.6. The number of nitrogens with two attached hydrogens (primary N) is 1. The fourth-order valence-electron chi connectivity index (χ4n) is 1.70. The van der Waals surface area contributed by atoms with E-state index in [1.807, 2.05) is 0 Å². The number of ether oxygens (including phenoxy) is 1. The Hall–Kier alpha value is -2.27. The highest BCUT2D eigenvalue weighted by Gasteiger charge is 2.11. The minimum Gasteiger partial charge on any atom is -0.455 e. The van der Waals surface area contributed by atoms with Crippen molar-refractivity contribution >= 4 is 23.2 Å². The molecule has 0 bridgehead atoms. The van der Waals surface area contributed by atoms with Gasteiger partial charge in [-0.2, -0.15) is 0 Å². The Kier molecular flexibility index (Phi) is 4.33. The summed E-state index contributed by atoms with van der Waals surface area (Å²) in [6, 6.07) is 8.78. The zero-order chi connectivity index (χ0) is 15.6. The molecule has 0 spiro atoms. The highest BCUT2D eigenvalue weighted by molar-refractivity contribution is 6.30. The molecule has 110 valence electrons. The fraction of sp³-hybridized carbons (Fsp3) is 0.133. The molecule has 1 amide bonds. The molecule has 0 fully saturated rings. The maximum atomic E-state index is 13.3. The number of hydrogen-bond acceptors (Lipinski definition) is 3. The van der Waals surface area contributed by atoms with Crippen LogP contribution in [0.5, 0.6) is 11.5 Å². The van der Waals surface area contributed by atoms with Gasteiger partial charge in [-0.1, -0.05) is 11.6 Å². The van der Waals surface area contributed by atoms with Crippen LogP contribution in [0.15, 0.2) is 36.4 Å². The van der Waals surface area contributed by atoms with E-state index < -0.39 is 5.82 Å². The third-order valence-electron chi connectivity index (χ3n) is 2.78. The Morgan fingerprint density at radius 1 is 1.24 bits per heavy atom.